The molecule has 5 rings (SSSR count). The van der Waals surface area contributed by atoms with Crippen LogP contribution in [0.2, 0.25) is 0 Å². The normalized spacial score (nSPS) is 12.6. The van der Waals surface area contributed by atoms with Crippen LogP contribution >= 0.6 is 19.4 Å². The first-order valence-electron chi connectivity index (χ1n) is 11.9. The monoisotopic (exact) mass is 621 g/mol. The fourth-order valence-electron chi connectivity index (χ4n) is 3.68. The van der Waals surface area contributed by atoms with E-state index >= 15 is 0 Å². The summed E-state index contributed by atoms with van der Waals surface area (Å²) in [6.45, 7) is 11.0. The van der Waals surface area contributed by atoms with Gasteiger partial charge in [0.05, 0.1) is 0 Å². The molecule has 37 heavy (non-hydrogen) atoms. The van der Waals surface area contributed by atoms with Crippen LogP contribution in [0.25, 0.3) is 0 Å². The third-order valence-corrected chi connectivity index (χ3v) is 6.99. The van der Waals surface area contributed by atoms with Crippen LogP contribution in [0.4, 0.5) is 5.69 Å². The number of halogens is 2. The van der Waals surface area contributed by atoms with E-state index < -0.39 is 13.5 Å². The first kappa shape index (κ1) is 30.9. The topological polar surface area (TPSA) is 19.4 Å². The number of pyridine rings is 1. The first-order valence-corrected chi connectivity index (χ1v) is 17.4. The van der Waals surface area contributed by atoms with Gasteiger partial charge in [-0.05, 0) is 57.6 Å². The Bertz CT molecular complexity index is 1060. The predicted octanol–water partition coefficient (Wildman–Crippen LogP) is 7.81. The summed E-state index contributed by atoms with van der Waals surface area (Å²) in [7, 11) is 13.5. The van der Waals surface area contributed by atoms with Crippen LogP contribution in [-0.2, 0) is 13.5 Å². The second kappa shape index (κ2) is 18.0. The molecule has 2 heterocycles. The quantitative estimate of drug-likeness (QED) is 0.168. The van der Waals surface area contributed by atoms with Crippen molar-refractivity contribution in [3.8, 4) is 0 Å². The molecule has 3 nitrogen and oxygen atoms in total. The molecular weight excluding hydrogens is 586 g/mol. The maximum Gasteiger partial charge on any atom is 0.0267 e. The number of likely N-dealkylation sites (N-methyl/N-ethyl adjacent to an activating group) is 1. The predicted molar refractivity (Wildman–Crippen MR) is 158 cm³/mol. The van der Waals surface area contributed by atoms with Crippen molar-refractivity contribution in [3.05, 3.63) is 138 Å². The molecule has 0 radical (unpaired) electrons. The third kappa shape index (κ3) is 13.1. The second-order valence-corrected chi connectivity index (χ2v) is 14.1. The zero-order valence-electron chi connectivity index (χ0n) is 21.8. The van der Waals surface area contributed by atoms with E-state index in [4.69, 9.17) is 19.4 Å². The molecule has 198 valence electrons. The molecule has 0 amide bonds. The molecule has 6 heteroatoms. The summed E-state index contributed by atoms with van der Waals surface area (Å²) in [6, 6.07) is 32.6. The Morgan fingerprint density at radius 1 is 0.838 bits per heavy atom. The number of aromatic nitrogens is 1. The minimum atomic E-state index is -1.61. The van der Waals surface area contributed by atoms with E-state index in [-0.39, 0.29) is 0 Å². The van der Waals surface area contributed by atoms with Gasteiger partial charge in [-0.1, -0.05) is 23.8 Å². The van der Waals surface area contributed by atoms with E-state index in [2.05, 4.69) is 67.5 Å². The Morgan fingerprint density at radius 2 is 1.41 bits per heavy atom. The average molecular weight is 622 g/mol. The van der Waals surface area contributed by atoms with E-state index in [0.717, 1.165) is 18.7 Å². The molecule has 1 aromatic heterocycles. The van der Waals surface area contributed by atoms with Gasteiger partial charge in [0, 0.05) is 24.6 Å². The van der Waals surface area contributed by atoms with Crippen LogP contribution in [0.15, 0.2) is 103 Å². The number of hydrogen-bond donors (Lipinski definition) is 0. The molecule has 1 aliphatic rings. The minimum absolute atomic E-state index is 1.10. The van der Waals surface area contributed by atoms with Crippen molar-refractivity contribution >= 4 is 29.7 Å². The van der Waals surface area contributed by atoms with E-state index in [1.54, 1.807) is 12.4 Å². The van der Waals surface area contributed by atoms with Gasteiger partial charge >= 0.3 is 73.4 Å². The van der Waals surface area contributed by atoms with Crippen LogP contribution in [0.5, 0.6) is 0 Å². The molecule has 1 saturated heterocycles. The van der Waals surface area contributed by atoms with Gasteiger partial charge in [-0.3, -0.25) is 4.98 Å². The van der Waals surface area contributed by atoms with Gasteiger partial charge in [-0.25, -0.2) is 0 Å². The molecule has 3 aromatic carbocycles. The maximum atomic E-state index is 5.67. The summed E-state index contributed by atoms with van der Waals surface area (Å²) in [6.07, 6.45) is 3.50. The molecule has 0 N–H and O–H groups in total. The zero-order valence-corrected chi connectivity index (χ0v) is 25.1. The van der Waals surface area contributed by atoms with Crippen molar-refractivity contribution in [2.75, 3.05) is 25.0 Å². The van der Waals surface area contributed by atoms with Gasteiger partial charge < -0.3 is 9.80 Å². The van der Waals surface area contributed by atoms with Crippen LogP contribution in [0.1, 0.15) is 22.3 Å². The van der Waals surface area contributed by atoms with Crippen molar-refractivity contribution < 1.29 is 13.5 Å². The Kier molecular flexibility index (Phi) is 15.0. The first-order chi connectivity index (χ1) is 17.9. The van der Waals surface area contributed by atoms with E-state index in [9.17, 15) is 0 Å². The number of aryl methyl sites for hydroxylation is 3. The van der Waals surface area contributed by atoms with E-state index in [0.29, 0.717) is 0 Å². The van der Waals surface area contributed by atoms with Crippen molar-refractivity contribution in [1.29, 1.82) is 0 Å². The van der Waals surface area contributed by atoms with Crippen molar-refractivity contribution in [2.45, 2.75) is 20.8 Å². The van der Waals surface area contributed by atoms with E-state index in [1.807, 2.05) is 83.5 Å². The smallest absolute Gasteiger partial charge is 0.0267 e. The maximum absolute atomic E-state index is 5.67. The molecule has 4 aromatic rings. The van der Waals surface area contributed by atoms with Crippen LogP contribution in [0.3, 0.4) is 0 Å². The molecule has 0 atom stereocenters. The van der Waals surface area contributed by atoms with Crippen LogP contribution < -0.4 is 4.90 Å². The van der Waals surface area contributed by atoms with Gasteiger partial charge in [-0.2, -0.15) is 43.1 Å². The van der Waals surface area contributed by atoms with Crippen LogP contribution in [-0.4, -0.2) is 34.6 Å². The Hall–Kier alpha value is -2.36. The summed E-state index contributed by atoms with van der Waals surface area (Å²) in [4.78, 5) is 8.37. The summed E-state index contributed by atoms with van der Waals surface area (Å²) < 4.78 is 1.92. The van der Waals surface area contributed by atoms with Crippen molar-refractivity contribution in [1.82, 2.24) is 9.88 Å². The fraction of sp³-hybridized carbons (Fsp3) is 0.194. The number of nitrogens with zero attached hydrogens (tertiary/aromatic N) is 3. The third-order valence-electron chi connectivity index (χ3n) is 5.12. The van der Waals surface area contributed by atoms with Gasteiger partial charge in [0.1, 0.15) is 0 Å². The standard InChI is InChI=1S/C13H19N2.C7H6.C6H5.C5H5N.2ClH.Ru/c1-10-7-11(2)13(12(3)8-10)15-6-5-14(4)9-15;1-7-5-3-2-4-6-7;2*1-2-4-6-5-3-1;;;/h7-9H,5-6H2,1-4H3;1-6H;2*1-5H;2*1H;/q-1;;-1;;;;+2/p-2. The number of benzene rings is 3. The Balaban J connectivity index is 0.000000188. The molecule has 1 fully saturated rings. The number of rotatable bonds is 2. The summed E-state index contributed by atoms with van der Waals surface area (Å²) in [5.41, 5.74) is 6.59. The van der Waals surface area contributed by atoms with Crippen molar-refractivity contribution in [2.24, 2.45) is 0 Å². The second-order valence-electron chi connectivity index (χ2n) is 8.36. The molecule has 1 aliphatic heterocycles. The molecule has 0 spiro atoms. The van der Waals surface area contributed by atoms with Gasteiger partial charge in [-0.15, -0.1) is 0 Å². The number of anilines is 1. The van der Waals surface area contributed by atoms with Gasteiger partial charge in [0.15, 0.2) is 0 Å². The summed E-state index contributed by atoms with van der Waals surface area (Å²) >= 11 is -1.61. The Morgan fingerprint density at radius 3 is 1.78 bits per heavy atom. The van der Waals surface area contributed by atoms with Gasteiger partial charge in [0.2, 0.25) is 0 Å². The van der Waals surface area contributed by atoms with E-state index in [1.165, 1.54) is 22.4 Å². The summed E-state index contributed by atoms with van der Waals surface area (Å²) in [5.74, 6) is 0. The molecule has 0 aliphatic carbocycles. The Labute approximate surface area is 236 Å². The molecule has 0 unspecified atom stereocenters. The van der Waals surface area contributed by atoms with Crippen molar-refractivity contribution in [3.63, 3.8) is 0 Å². The minimum Gasteiger partial charge on any atom is -0.265 e. The summed E-state index contributed by atoms with van der Waals surface area (Å²) in [5, 5.41) is 0. The fourth-order valence-corrected chi connectivity index (χ4v) is 5.51. The number of hydrogen-bond acceptors (Lipinski definition) is 3. The zero-order chi connectivity index (χ0) is 26.9. The van der Waals surface area contributed by atoms with Gasteiger partial charge in [0.25, 0.3) is 0 Å². The SMILES string of the molecule is Cc1cc(C)c(N2[CH-]N(C)CC2)c(C)c1.[Cl][Ru]([Cl])=[CH]c1ccccc1.[c-]1ccccc1.c1ccncc1. The van der Waals surface area contributed by atoms with Crippen LogP contribution in [0, 0.1) is 33.5 Å². The average Bonchev–Trinajstić information content (AvgIpc) is 3.32. The molecule has 0 bridgehead atoms. The largest absolute Gasteiger partial charge is 0.265 e. The molecule has 0 saturated carbocycles. The molecular formula is C31H35Cl2N3Ru-2.